The highest BCUT2D eigenvalue weighted by atomic mass is 19.4. The Bertz CT molecular complexity index is 1920. The summed E-state index contributed by atoms with van der Waals surface area (Å²) in [6, 6.07) is 27.6. The summed E-state index contributed by atoms with van der Waals surface area (Å²) >= 11 is 0. The number of alkyl halides is 3. The molecule has 0 fully saturated rings. The van der Waals surface area contributed by atoms with E-state index in [4.69, 9.17) is 9.15 Å². The number of hydrogen-bond acceptors (Lipinski definition) is 7. The summed E-state index contributed by atoms with van der Waals surface area (Å²) in [5, 5.41) is 8.23. The van der Waals surface area contributed by atoms with Crippen molar-refractivity contribution in [2.45, 2.75) is 6.18 Å². The van der Waals surface area contributed by atoms with Gasteiger partial charge in [-0.3, -0.25) is 9.69 Å². The van der Waals surface area contributed by atoms with E-state index in [0.717, 1.165) is 21.9 Å². The molecule has 0 unspecified atom stereocenters. The molecule has 1 amide bonds. The molecule has 6 rings (SSSR count). The van der Waals surface area contributed by atoms with Crippen LogP contribution in [0.15, 0.2) is 108 Å². The molecule has 44 heavy (non-hydrogen) atoms. The second-order valence-corrected chi connectivity index (χ2v) is 9.85. The number of methoxy groups -OCH3 is 1. The van der Waals surface area contributed by atoms with Gasteiger partial charge in [-0.15, -0.1) is 0 Å². The van der Waals surface area contributed by atoms with Gasteiger partial charge in [0.1, 0.15) is 23.3 Å². The van der Waals surface area contributed by atoms with E-state index < -0.39 is 12.1 Å². The van der Waals surface area contributed by atoms with Gasteiger partial charge in [0.05, 0.1) is 12.3 Å². The summed E-state index contributed by atoms with van der Waals surface area (Å²) in [4.78, 5) is 21.9. The minimum Gasteiger partial charge on any atom is -0.455 e. The third kappa shape index (κ3) is 5.90. The quantitative estimate of drug-likeness (QED) is 0.163. The van der Waals surface area contributed by atoms with Gasteiger partial charge in [-0.25, -0.2) is 9.97 Å². The van der Waals surface area contributed by atoms with Crippen LogP contribution in [0.5, 0.6) is 0 Å². The SMILES string of the molecule is COCCNc1ccc(N(C(=O)C(F)(F)F)c2ccc(Nc3cc(-c4cccc5c4oc4ccccc45)ncn3)cc2)cc1. The van der Waals surface area contributed by atoms with Crippen molar-refractivity contribution >= 4 is 56.4 Å². The average Bonchev–Trinajstić information content (AvgIpc) is 3.41. The van der Waals surface area contributed by atoms with Crippen molar-refractivity contribution in [3.63, 3.8) is 0 Å². The monoisotopic (exact) mass is 597 g/mol. The van der Waals surface area contributed by atoms with Crippen molar-refractivity contribution in [1.29, 1.82) is 0 Å². The predicted molar refractivity (Wildman–Crippen MR) is 164 cm³/mol. The van der Waals surface area contributed by atoms with Gasteiger partial charge in [0, 0.05) is 58.8 Å². The number of hydrogen-bond donors (Lipinski definition) is 2. The molecule has 2 N–H and O–H groups in total. The van der Waals surface area contributed by atoms with Crippen LogP contribution in [0.4, 0.5) is 41.7 Å². The first-order valence-corrected chi connectivity index (χ1v) is 13.7. The molecular formula is C33H26F3N5O3. The highest BCUT2D eigenvalue weighted by Gasteiger charge is 2.43. The maximum atomic E-state index is 13.6. The van der Waals surface area contributed by atoms with Crippen LogP contribution in [0.3, 0.4) is 0 Å². The predicted octanol–water partition coefficient (Wildman–Crippen LogP) is 8.07. The van der Waals surface area contributed by atoms with Crippen molar-refractivity contribution in [3.05, 3.63) is 103 Å². The lowest BCUT2D eigenvalue weighted by Crippen LogP contribution is -2.38. The van der Waals surface area contributed by atoms with Gasteiger partial charge in [-0.2, -0.15) is 13.2 Å². The molecule has 11 heteroatoms. The molecule has 0 aliphatic heterocycles. The van der Waals surface area contributed by atoms with Gasteiger partial charge in [-0.05, 0) is 60.7 Å². The van der Waals surface area contributed by atoms with Crippen LogP contribution < -0.4 is 15.5 Å². The topological polar surface area (TPSA) is 92.5 Å². The van der Waals surface area contributed by atoms with Gasteiger partial charge in [0.15, 0.2) is 0 Å². The highest BCUT2D eigenvalue weighted by Crippen LogP contribution is 2.36. The molecular weight excluding hydrogens is 571 g/mol. The van der Waals surface area contributed by atoms with Crippen molar-refractivity contribution in [3.8, 4) is 11.3 Å². The lowest BCUT2D eigenvalue weighted by molar-refractivity contribution is -0.169. The summed E-state index contributed by atoms with van der Waals surface area (Å²) in [6.45, 7) is 0.994. The third-order valence-corrected chi connectivity index (χ3v) is 6.95. The molecule has 0 radical (unpaired) electrons. The van der Waals surface area contributed by atoms with Crippen molar-refractivity contribution in [2.24, 2.45) is 0 Å². The van der Waals surface area contributed by atoms with Crippen LogP contribution in [0.25, 0.3) is 33.2 Å². The van der Waals surface area contributed by atoms with Crippen LogP contribution in [0.2, 0.25) is 0 Å². The zero-order valence-electron chi connectivity index (χ0n) is 23.4. The summed E-state index contributed by atoms with van der Waals surface area (Å²) in [6.07, 6.45) is -3.66. The molecule has 222 valence electrons. The zero-order valence-corrected chi connectivity index (χ0v) is 23.4. The normalized spacial score (nSPS) is 11.5. The molecule has 2 heterocycles. The first-order chi connectivity index (χ1) is 21.3. The first-order valence-electron chi connectivity index (χ1n) is 13.7. The van der Waals surface area contributed by atoms with Gasteiger partial charge in [0.2, 0.25) is 0 Å². The average molecular weight is 598 g/mol. The molecule has 2 aromatic heterocycles. The van der Waals surface area contributed by atoms with Crippen LogP contribution >= 0.6 is 0 Å². The van der Waals surface area contributed by atoms with E-state index in [1.165, 1.54) is 30.6 Å². The van der Waals surface area contributed by atoms with Gasteiger partial charge < -0.3 is 19.8 Å². The molecule has 4 aromatic carbocycles. The second-order valence-electron chi connectivity index (χ2n) is 9.85. The molecule has 0 saturated carbocycles. The van der Waals surface area contributed by atoms with Crippen molar-refractivity contribution in [1.82, 2.24) is 9.97 Å². The Balaban J connectivity index is 1.25. The van der Waals surface area contributed by atoms with E-state index in [1.54, 1.807) is 37.4 Å². The Morgan fingerprint density at radius 2 is 1.55 bits per heavy atom. The summed E-state index contributed by atoms with van der Waals surface area (Å²) in [5.41, 5.74) is 4.27. The van der Waals surface area contributed by atoms with Gasteiger partial charge in [-0.1, -0.05) is 30.3 Å². The van der Waals surface area contributed by atoms with E-state index in [2.05, 4.69) is 20.6 Å². The number of para-hydroxylation sites is 2. The number of anilines is 5. The number of halogens is 3. The minimum atomic E-state index is -5.08. The molecule has 0 aliphatic rings. The number of ether oxygens (including phenoxy) is 1. The standard InChI is InChI=1S/C33H26F3N5O3/c1-43-18-17-37-21-9-13-23(14-10-21)41(32(42)33(34,35)36)24-15-11-22(12-16-24)40-30-19-28(38-20-39-30)27-7-4-6-26-25-5-2-3-8-29(25)44-31(26)27/h2-16,19-20,37H,17-18H2,1H3,(H,38,39,40). The molecule has 6 aromatic rings. The summed E-state index contributed by atoms with van der Waals surface area (Å²) < 4.78 is 52.0. The number of nitrogens with zero attached hydrogens (tertiary/aromatic N) is 3. The molecule has 8 nitrogen and oxygen atoms in total. The smallest absolute Gasteiger partial charge is 0.455 e. The lowest BCUT2D eigenvalue weighted by atomic mass is 10.1. The Morgan fingerprint density at radius 3 is 2.25 bits per heavy atom. The van der Waals surface area contributed by atoms with Crippen LogP contribution in [0, 0.1) is 0 Å². The lowest BCUT2D eigenvalue weighted by Gasteiger charge is -2.24. The van der Waals surface area contributed by atoms with Crippen LogP contribution in [-0.4, -0.2) is 42.3 Å². The number of amides is 1. The molecule has 0 bridgehead atoms. The van der Waals surface area contributed by atoms with Crippen molar-refractivity contribution < 1.29 is 27.1 Å². The largest absolute Gasteiger partial charge is 0.472 e. The fourth-order valence-corrected chi connectivity index (χ4v) is 4.90. The summed E-state index contributed by atoms with van der Waals surface area (Å²) in [5.74, 6) is -1.53. The van der Waals surface area contributed by atoms with Gasteiger partial charge >= 0.3 is 12.1 Å². The zero-order chi connectivity index (χ0) is 30.7. The van der Waals surface area contributed by atoms with E-state index >= 15 is 0 Å². The van der Waals surface area contributed by atoms with E-state index in [-0.39, 0.29) is 11.4 Å². The first kappa shape index (κ1) is 28.7. The Kier molecular flexibility index (Phi) is 7.86. The Hall–Kier alpha value is -5.42. The van der Waals surface area contributed by atoms with Crippen LogP contribution in [-0.2, 0) is 9.53 Å². The maximum absolute atomic E-state index is 13.6. The Morgan fingerprint density at radius 1 is 0.864 bits per heavy atom. The molecule has 0 atom stereocenters. The number of carbonyl (C=O) groups excluding carboxylic acids is 1. The van der Waals surface area contributed by atoms with Crippen molar-refractivity contribution in [2.75, 3.05) is 35.8 Å². The fourth-order valence-electron chi connectivity index (χ4n) is 4.90. The number of fused-ring (bicyclic) bond motifs is 3. The van der Waals surface area contributed by atoms with E-state index in [1.807, 2.05) is 42.5 Å². The molecule has 0 saturated heterocycles. The number of nitrogens with one attached hydrogen (secondary N) is 2. The third-order valence-electron chi connectivity index (χ3n) is 6.95. The number of aromatic nitrogens is 2. The Labute approximate surface area is 250 Å². The minimum absolute atomic E-state index is 0.0536. The fraction of sp³-hybridized carbons (Fsp3) is 0.121. The number of carbonyl (C=O) groups is 1. The second kappa shape index (κ2) is 12.1. The number of furan rings is 1. The summed E-state index contributed by atoms with van der Waals surface area (Å²) in [7, 11) is 1.57. The number of benzene rings is 4. The van der Waals surface area contributed by atoms with E-state index in [0.29, 0.717) is 46.5 Å². The maximum Gasteiger partial charge on any atom is 0.472 e. The molecule has 0 aliphatic carbocycles. The molecule has 0 spiro atoms. The van der Waals surface area contributed by atoms with E-state index in [9.17, 15) is 18.0 Å². The van der Waals surface area contributed by atoms with Gasteiger partial charge in [0.25, 0.3) is 0 Å². The van der Waals surface area contributed by atoms with Crippen LogP contribution in [0.1, 0.15) is 0 Å². The highest BCUT2D eigenvalue weighted by molar-refractivity contribution is 6.09. The number of rotatable bonds is 9.